The van der Waals surface area contributed by atoms with Gasteiger partial charge in [-0.1, -0.05) is 0 Å². The van der Waals surface area contributed by atoms with Crippen molar-refractivity contribution >= 4 is 24.4 Å². The third-order valence-corrected chi connectivity index (χ3v) is 7.12. The van der Waals surface area contributed by atoms with Crippen molar-refractivity contribution in [2.45, 2.75) is 115 Å². The molecule has 0 aliphatic carbocycles. The van der Waals surface area contributed by atoms with Crippen LogP contribution in [0.2, 0.25) is 4.18 Å². The Bertz CT molecular complexity index is 182. The molecule has 0 heterocycles. The second-order valence-corrected chi connectivity index (χ2v) is 10.1. The molecule has 0 aliphatic heterocycles. The first-order valence-electron chi connectivity index (χ1n) is 10.3. The maximum atomic E-state index is 2.35. The first-order chi connectivity index (χ1) is 10.3. The fourth-order valence-corrected chi connectivity index (χ4v) is 4.93. The summed E-state index contributed by atoms with van der Waals surface area (Å²) in [6, 6.07) is 0. The zero-order valence-electron chi connectivity index (χ0n) is 15.8. The third-order valence-electron chi connectivity index (χ3n) is 5.10. The average Bonchev–Trinajstić information content (AvgIpc) is 2.51. The molecule has 126 valence electrons. The van der Waals surface area contributed by atoms with E-state index in [0.29, 0.717) is 0 Å². The molecule has 0 N–H and O–H groups in total. The van der Waals surface area contributed by atoms with Gasteiger partial charge in [-0.15, -0.1) is 0 Å². The van der Waals surface area contributed by atoms with Crippen molar-refractivity contribution in [2.75, 3.05) is 0 Å². The molecule has 0 radical (unpaired) electrons. The summed E-state index contributed by atoms with van der Waals surface area (Å²) >= 11 is 0.931. The van der Waals surface area contributed by atoms with Gasteiger partial charge < -0.3 is 0 Å². The van der Waals surface area contributed by atoms with Crippen molar-refractivity contribution in [3.8, 4) is 0 Å². The van der Waals surface area contributed by atoms with Crippen LogP contribution < -0.4 is 0 Å². The fourth-order valence-electron chi connectivity index (χ4n) is 3.50. The molecule has 0 bridgehead atoms. The number of hydrogen-bond donors (Lipinski definition) is 0. The molecule has 0 saturated heterocycles. The number of hydrogen-bond acceptors (Lipinski definition) is 0. The van der Waals surface area contributed by atoms with Crippen LogP contribution in [0.3, 0.4) is 0 Å². The van der Waals surface area contributed by atoms with Crippen molar-refractivity contribution in [1.29, 1.82) is 0 Å². The monoisotopic (exact) mass is 398 g/mol. The maximum absolute atomic E-state index is 2.35. The van der Waals surface area contributed by atoms with Crippen molar-refractivity contribution in [3.05, 3.63) is 0 Å². The summed E-state index contributed by atoms with van der Waals surface area (Å²) < 4.78 is 1.58. The van der Waals surface area contributed by atoms with Crippen LogP contribution in [-0.4, -0.2) is 24.4 Å². The molecule has 0 fully saturated rings. The molecule has 0 aliphatic rings. The molecular formula is C20H43In. The summed E-state index contributed by atoms with van der Waals surface area (Å²) in [5.74, 6) is 2.09. The first kappa shape index (κ1) is 21.9. The molecule has 0 aromatic rings. The molecule has 0 saturated carbocycles. The van der Waals surface area contributed by atoms with Crippen LogP contribution in [0.25, 0.3) is 0 Å². The van der Waals surface area contributed by atoms with Gasteiger partial charge in [0, 0.05) is 0 Å². The van der Waals surface area contributed by atoms with Gasteiger partial charge in [0.2, 0.25) is 0 Å². The van der Waals surface area contributed by atoms with Gasteiger partial charge in [-0.3, -0.25) is 0 Å². The van der Waals surface area contributed by atoms with E-state index in [1.807, 2.05) is 0 Å². The van der Waals surface area contributed by atoms with E-state index in [-0.39, 0.29) is 0 Å². The average molecular weight is 398 g/mol. The zero-order valence-corrected chi connectivity index (χ0v) is 21.5. The van der Waals surface area contributed by atoms with Crippen LogP contribution in [0, 0.1) is 11.8 Å². The fraction of sp³-hybridized carbons (Fsp3) is 1.00. The number of unbranched alkanes of at least 4 members (excludes halogenated alkanes) is 4. The molecule has 0 nitrogen and oxygen atoms in total. The van der Waals surface area contributed by atoms with E-state index in [4.69, 9.17) is 0 Å². The van der Waals surface area contributed by atoms with Gasteiger partial charge in [0.15, 0.2) is 0 Å². The van der Waals surface area contributed by atoms with Crippen molar-refractivity contribution in [2.24, 2.45) is 11.8 Å². The van der Waals surface area contributed by atoms with Gasteiger partial charge in [-0.25, -0.2) is 0 Å². The standard InChI is InChI=1S/C20H41.In.2H/c1-5-9-13-19(14-10-6-2)17-18-20(15-11-7-3)16-12-8-4;;;/h19-20H,1,5-18H2,2-4H3;;;. The Labute approximate surface area is 150 Å². The summed E-state index contributed by atoms with van der Waals surface area (Å²) in [5.41, 5.74) is 0. The Morgan fingerprint density at radius 1 is 0.524 bits per heavy atom. The van der Waals surface area contributed by atoms with Gasteiger partial charge in [0.25, 0.3) is 0 Å². The first-order valence-corrected chi connectivity index (χ1v) is 14.3. The van der Waals surface area contributed by atoms with Crippen molar-refractivity contribution < 1.29 is 0 Å². The molecule has 1 heteroatoms. The predicted octanol–water partition coefficient (Wildman–Crippen LogP) is 6.79. The van der Waals surface area contributed by atoms with Crippen molar-refractivity contribution in [3.63, 3.8) is 0 Å². The molecule has 21 heavy (non-hydrogen) atoms. The van der Waals surface area contributed by atoms with Crippen LogP contribution in [0.15, 0.2) is 0 Å². The summed E-state index contributed by atoms with van der Waals surface area (Å²) in [5, 5.41) is 0. The van der Waals surface area contributed by atoms with E-state index in [0.717, 1.165) is 36.2 Å². The minimum absolute atomic E-state index is 0.931. The van der Waals surface area contributed by atoms with Gasteiger partial charge in [0.1, 0.15) is 0 Å². The Balaban J connectivity index is 4.08. The normalized spacial score (nSPS) is 13.0. The molecule has 1 unspecified atom stereocenters. The van der Waals surface area contributed by atoms with Crippen LogP contribution >= 0.6 is 0 Å². The topological polar surface area (TPSA) is 0 Å². The molecule has 0 aromatic heterocycles. The van der Waals surface area contributed by atoms with Gasteiger partial charge in [0.05, 0.1) is 0 Å². The Morgan fingerprint density at radius 2 is 0.905 bits per heavy atom. The Kier molecular flexibility index (Phi) is 17.9. The number of rotatable bonds is 16. The molecule has 0 amide bonds. The van der Waals surface area contributed by atoms with Gasteiger partial charge in [-0.05, 0) is 0 Å². The second kappa shape index (κ2) is 17.2. The molecule has 0 rings (SSSR count). The predicted molar refractivity (Wildman–Crippen MR) is 102 cm³/mol. The SMILES string of the molecule is CCCCC(CCCC)CCC(CCCC)CCC[CH2][InH2]. The summed E-state index contributed by atoms with van der Waals surface area (Å²) in [7, 11) is 0. The van der Waals surface area contributed by atoms with E-state index >= 15 is 0 Å². The second-order valence-electron chi connectivity index (χ2n) is 7.23. The minimum atomic E-state index is 0.931. The molecular weight excluding hydrogens is 355 g/mol. The van der Waals surface area contributed by atoms with Crippen LogP contribution in [0.5, 0.6) is 0 Å². The van der Waals surface area contributed by atoms with E-state index in [2.05, 4.69) is 20.8 Å². The van der Waals surface area contributed by atoms with Gasteiger partial charge in [-0.2, -0.15) is 0 Å². The summed E-state index contributed by atoms with van der Waals surface area (Å²) in [6.07, 6.45) is 20.7. The van der Waals surface area contributed by atoms with Crippen LogP contribution in [0.1, 0.15) is 111 Å². The van der Waals surface area contributed by atoms with E-state index in [1.165, 1.54) is 89.9 Å². The van der Waals surface area contributed by atoms with E-state index < -0.39 is 0 Å². The van der Waals surface area contributed by atoms with Gasteiger partial charge >= 0.3 is 151 Å². The molecule has 1 atom stereocenters. The zero-order chi connectivity index (χ0) is 15.8. The van der Waals surface area contributed by atoms with Crippen LogP contribution in [-0.2, 0) is 0 Å². The molecule has 0 spiro atoms. The molecule has 0 aromatic carbocycles. The Hall–Kier alpha value is 0.870. The van der Waals surface area contributed by atoms with Crippen LogP contribution in [0.4, 0.5) is 0 Å². The summed E-state index contributed by atoms with van der Waals surface area (Å²) in [6.45, 7) is 7.04. The summed E-state index contributed by atoms with van der Waals surface area (Å²) in [4.78, 5) is 0. The van der Waals surface area contributed by atoms with E-state index in [9.17, 15) is 0 Å². The quantitative estimate of drug-likeness (QED) is 0.251. The Morgan fingerprint density at radius 3 is 1.24 bits per heavy atom. The third kappa shape index (κ3) is 14.2. The van der Waals surface area contributed by atoms with E-state index in [1.54, 1.807) is 4.18 Å². The van der Waals surface area contributed by atoms with Crippen molar-refractivity contribution in [1.82, 2.24) is 0 Å².